The van der Waals surface area contributed by atoms with Crippen molar-refractivity contribution in [2.45, 2.75) is 6.42 Å². The fourth-order valence-electron chi connectivity index (χ4n) is 3.96. The molecule has 3 aliphatic heterocycles. The number of amides is 4. The molecule has 12 heteroatoms. The molecule has 4 amide bonds. The highest BCUT2D eigenvalue weighted by atomic mass is 35.5. The molecule has 0 radical (unpaired) electrons. The van der Waals surface area contributed by atoms with Gasteiger partial charge in [0.15, 0.2) is 10.2 Å². The van der Waals surface area contributed by atoms with Crippen LogP contribution in [0.25, 0.3) is 0 Å². The topological polar surface area (TPSA) is 120 Å². The predicted octanol–water partition coefficient (Wildman–Crippen LogP) is -0.415. The van der Waals surface area contributed by atoms with Crippen LogP contribution in [0.5, 0.6) is 0 Å². The number of hydrogen-bond donors (Lipinski definition) is 4. The SMILES string of the molecule is O=C1NC(=S)NC(=O)C12CN(c1cccc(Cl)c1)CC1(C2)C(=O)NC(=S)NC1=O. The largest absolute Gasteiger partial charge is 0.368 e. The summed E-state index contributed by atoms with van der Waals surface area (Å²) in [6, 6.07) is 6.70. The van der Waals surface area contributed by atoms with Crippen molar-refractivity contribution in [1.82, 2.24) is 21.3 Å². The highest BCUT2D eigenvalue weighted by Crippen LogP contribution is 2.45. The van der Waals surface area contributed by atoms with Crippen LogP contribution in [0, 0.1) is 10.8 Å². The summed E-state index contributed by atoms with van der Waals surface area (Å²) in [6.45, 7) is -0.138. The van der Waals surface area contributed by atoms with Crippen LogP contribution in [0.3, 0.4) is 0 Å². The number of halogens is 1. The molecular formula is C17H14ClN5O4S2. The molecule has 4 rings (SSSR count). The van der Waals surface area contributed by atoms with Gasteiger partial charge in [-0.15, -0.1) is 0 Å². The van der Waals surface area contributed by atoms with Gasteiger partial charge in [0.1, 0.15) is 10.8 Å². The zero-order valence-electron chi connectivity index (χ0n) is 14.7. The van der Waals surface area contributed by atoms with Gasteiger partial charge in [0.05, 0.1) is 0 Å². The number of nitrogens with zero attached hydrogens (tertiary/aromatic N) is 1. The summed E-state index contributed by atoms with van der Waals surface area (Å²) in [5, 5.41) is 9.90. The van der Waals surface area contributed by atoms with E-state index in [1.54, 1.807) is 29.2 Å². The normalized spacial score (nSPS) is 22.9. The minimum Gasteiger partial charge on any atom is -0.368 e. The quantitative estimate of drug-likeness (QED) is 0.338. The maximum absolute atomic E-state index is 12.9. The lowest BCUT2D eigenvalue weighted by Crippen LogP contribution is -2.75. The molecule has 3 fully saturated rings. The Labute approximate surface area is 180 Å². The van der Waals surface area contributed by atoms with E-state index in [1.165, 1.54) is 0 Å². The fourth-order valence-corrected chi connectivity index (χ4v) is 4.51. The Morgan fingerprint density at radius 3 is 1.69 bits per heavy atom. The number of rotatable bonds is 1. The van der Waals surface area contributed by atoms with E-state index in [0.29, 0.717) is 10.7 Å². The van der Waals surface area contributed by atoms with Crippen molar-refractivity contribution in [3.63, 3.8) is 0 Å². The minimum absolute atomic E-state index is 0.0691. The standard InChI is InChI=1S/C17H14ClN5O4S2/c18-8-2-1-3-9(4-8)23-6-16(10(24)19-14(28)20-11(16)25)5-17(7-23)12(26)21-15(29)22-13(17)27/h1-4H,5-7H2,(H2,19,20,24,25,28)(H2,21,22,26,27,29). The third-order valence-electron chi connectivity index (χ3n) is 5.35. The number of carbonyl (C=O) groups excluding carboxylic acids is 4. The van der Waals surface area contributed by atoms with Crippen LogP contribution in [0.15, 0.2) is 24.3 Å². The van der Waals surface area contributed by atoms with Crippen LogP contribution in [-0.4, -0.2) is 46.9 Å². The number of anilines is 1. The van der Waals surface area contributed by atoms with Crippen LogP contribution in [-0.2, 0) is 19.2 Å². The van der Waals surface area contributed by atoms with Crippen LogP contribution in [0.2, 0.25) is 5.02 Å². The summed E-state index contributed by atoms with van der Waals surface area (Å²) in [5.74, 6) is -2.70. The number of nitrogens with one attached hydrogen (secondary N) is 4. The average Bonchev–Trinajstić information content (AvgIpc) is 2.64. The lowest BCUT2D eigenvalue weighted by atomic mass is 9.64. The molecule has 3 saturated heterocycles. The smallest absolute Gasteiger partial charge is 0.243 e. The Morgan fingerprint density at radius 2 is 1.28 bits per heavy atom. The molecule has 0 saturated carbocycles. The Hall–Kier alpha value is -2.63. The summed E-state index contributed by atoms with van der Waals surface area (Å²) in [4.78, 5) is 53.4. The summed E-state index contributed by atoms with van der Waals surface area (Å²) in [5.41, 5.74) is -2.90. The minimum atomic E-state index is -1.73. The first-order valence-corrected chi connectivity index (χ1v) is 9.70. The molecule has 0 aliphatic carbocycles. The van der Waals surface area contributed by atoms with Crippen molar-refractivity contribution >= 4 is 75.6 Å². The van der Waals surface area contributed by atoms with E-state index in [1.807, 2.05) is 0 Å². The number of hydrogen-bond acceptors (Lipinski definition) is 7. The van der Waals surface area contributed by atoms with E-state index in [4.69, 9.17) is 36.0 Å². The van der Waals surface area contributed by atoms with Gasteiger partial charge >= 0.3 is 0 Å². The second-order valence-corrected chi connectivity index (χ2v) is 8.40. The molecule has 1 aromatic carbocycles. The van der Waals surface area contributed by atoms with E-state index < -0.39 is 34.5 Å². The average molecular weight is 452 g/mol. The number of carbonyl (C=O) groups is 4. The molecule has 29 heavy (non-hydrogen) atoms. The third kappa shape index (κ3) is 3.05. The van der Waals surface area contributed by atoms with Gasteiger partial charge in [-0.2, -0.15) is 0 Å². The highest BCUT2D eigenvalue weighted by molar-refractivity contribution is 7.80. The molecule has 0 bridgehead atoms. The van der Waals surface area contributed by atoms with E-state index in [9.17, 15) is 19.2 Å². The Morgan fingerprint density at radius 1 is 0.828 bits per heavy atom. The van der Waals surface area contributed by atoms with Crippen LogP contribution < -0.4 is 26.2 Å². The highest BCUT2D eigenvalue weighted by Gasteiger charge is 2.64. The van der Waals surface area contributed by atoms with Crippen molar-refractivity contribution in [2.24, 2.45) is 10.8 Å². The number of benzene rings is 1. The van der Waals surface area contributed by atoms with Crippen LogP contribution >= 0.6 is 36.0 Å². The molecule has 4 N–H and O–H groups in total. The molecule has 9 nitrogen and oxygen atoms in total. The van der Waals surface area contributed by atoms with Crippen molar-refractivity contribution in [3.05, 3.63) is 29.3 Å². The van der Waals surface area contributed by atoms with Gasteiger partial charge in [-0.25, -0.2) is 0 Å². The first kappa shape index (κ1) is 19.7. The predicted molar refractivity (Wildman–Crippen MR) is 111 cm³/mol. The molecular weight excluding hydrogens is 438 g/mol. The zero-order chi connectivity index (χ0) is 21.0. The molecule has 150 valence electrons. The van der Waals surface area contributed by atoms with E-state index in [0.717, 1.165) is 0 Å². The van der Waals surface area contributed by atoms with Crippen LogP contribution in [0.4, 0.5) is 5.69 Å². The van der Waals surface area contributed by atoms with Crippen molar-refractivity contribution in [3.8, 4) is 0 Å². The monoisotopic (exact) mass is 451 g/mol. The summed E-state index contributed by atoms with van der Waals surface area (Å²) < 4.78 is 0. The fraction of sp³-hybridized carbons (Fsp3) is 0.294. The molecule has 2 spiro atoms. The van der Waals surface area contributed by atoms with Gasteiger partial charge in [0.2, 0.25) is 23.6 Å². The number of piperidine rings is 1. The summed E-state index contributed by atoms with van der Waals surface area (Å²) in [7, 11) is 0. The molecule has 0 aromatic heterocycles. The molecule has 0 atom stereocenters. The third-order valence-corrected chi connectivity index (χ3v) is 5.99. The molecule has 3 heterocycles. The summed E-state index contributed by atoms with van der Waals surface area (Å²) >= 11 is 15.9. The van der Waals surface area contributed by atoms with E-state index >= 15 is 0 Å². The lowest BCUT2D eigenvalue weighted by Gasteiger charge is -2.51. The maximum atomic E-state index is 12.9. The van der Waals surface area contributed by atoms with Gasteiger partial charge < -0.3 is 26.2 Å². The Balaban J connectivity index is 1.85. The van der Waals surface area contributed by atoms with Crippen molar-refractivity contribution < 1.29 is 19.2 Å². The van der Waals surface area contributed by atoms with E-state index in [-0.39, 0.29) is 29.7 Å². The second-order valence-electron chi connectivity index (χ2n) is 7.15. The first-order valence-electron chi connectivity index (χ1n) is 8.51. The van der Waals surface area contributed by atoms with Gasteiger partial charge in [0, 0.05) is 23.8 Å². The lowest BCUT2D eigenvalue weighted by molar-refractivity contribution is -0.154. The Bertz CT molecular complexity index is 917. The molecule has 3 aliphatic rings. The maximum Gasteiger partial charge on any atom is 0.243 e. The van der Waals surface area contributed by atoms with Gasteiger partial charge in [-0.05, 0) is 49.1 Å². The van der Waals surface area contributed by atoms with Gasteiger partial charge in [-0.3, -0.25) is 19.2 Å². The first-order chi connectivity index (χ1) is 13.7. The van der Waals surface area contributed by atoms with Crippen LogP contribution in [0.1, 0.15) is 6.42 Å². The van der Waals surface area contributed by atoms with E-state index in [2.05, 4.69) is 21.3 Å². The zero-order valence-corrected chi connectivity index (χ0v) is 17.1. The number of thiocarbonyl (C=S) groups is 2. The van der Waals surface area contributed by atoms with Crippen molar-refractivity contribution in [1.29, 1.82) is 0 Å². The van der Waals surface area contributed by atoms with Crippen molar-refractivity contribution in [2.75, 3.05) is 18.0 Å². The summed E-state index contributed by atoms with van der Waals surface area (Å²) in [6.07, 6.45) is -0.336. The van der Waals surface area contributed by atoms with Gasteiger partial charge in [0.25, 0.3) is 0 Å². The van der Waals surface area contributed by atoms with Gasteiger partial charge in [-0.1, -0.05) is 17.7 Å². The molecule has 0 unspecified atom stereocenters. The second kappa shape index (κ2) is 6.71. The molecule has 1 aromatic rings. The Kier molecular flexibility index (Phi) is 4.56.